The van der Waals surface area contributed by atoms with Gasteiger partial charge in [-0.15, -0.1) is 0 Å². The van der Waals surface area contributed by atoms with E-state index in [2.05, 4.69) is 27.7 Å². The minimum Gasteiger partial charge on any atom is -0.343 e. The van der Waals surface area contributed by atoms with Gasteiger partial charge >= 0.3 is 0 Å². The smallest absolute Gasteiger partial charge is 0.223 e. The molecule has 1 rings (SSSR count). The molecule has 14 heavy (non-hydrogen) atoms. The van der Waals surface area contributed by atoms with Gasteiger partial charge in [-0.2, -0.15) is 0 Å². The number of piperidine rings is 1. The maximum atomic E-state index is 11.8. The van der Waals surface area contributed by atoms with E-state index in [9.17, 15) is 4.79 Å². The second-order valence-electron chi connectivity index (χ2n) is 5.56. The fourth-order valence-corrected chi connectivity index (χ4v) is 1.75. The average molecular weight is 196 g/mol. The van der Waals surface area contributed by atoms with Gasteiger partial charge in [0.1, 0.15) is 0 Å². The zero-order valence-electron chi connectivity index (χ0n) is 9.68. The van der Waals surface area contributed by atoms with Crippen molar-refractivity contribution < 1.29 is 4.79 Å². The molecule has 81 valence electrons. The quantitative estimate of drug-likeness (QED) is 0.631. The van der Waals surface area contributed by atoms with Crippen LogP contribution in [0.4, 0.5) is 0 Å². The van der Waals surface area contributed by atoms with Crippen molar-refractivity contribution in [2.75, 3.05) is 13.1 Å². The molecule has 0 aromatic rings. The third-order valence-corrected chi connectivity index (χ3v) is 2.65. The largest absolute Gasteiger partial charge is 0.343 e. The molecule has 1 radical (unpaired) electrons. The molecule has 0 aromatic heterocycles. The molecule has 2 nitrogen and oxygen atoms in total. The predicted octanol–water partition coefficient (Wildman–Crippen LogP) is 2.50. The third-order valence-electron chi connectivity index (χ3n) is 2.65. The number of carbonyl (C=O) groups excluding carboxylic acids is 1. The lowest BCUT2D eigenvalue weighted by Crippen LogP contribution is -2.39. The van der Waals surface area contributed by atoms with Gasteiger partial charge in [0.25, 0.3) is 0 Å². The van der Waals surface area contributed by atoms with Crippen molar-refractivity contribution in [3.8, 4) is 0 Å². The predicted molar refractivity (Wildman–Crippen MR) is 58.7 cm³/mol. The molecule has 1 aliphatic rings. The van der Waals surface area contributed by atoms with Gasteiger partial charge in [0.05, 0.1) is 0 Å². The molecule has 1 amide bonds. The SMILES string of the molecule is [CH2]C1CCN(C(=O)CC(C)(C)C)CC1. The van der Waals surface area contributed by atoms with Crippen LogP contribution < -0.4 is 0 Å². The van der Waals surface area contributed by atoms with Gasteiger partial charge in [-0.3, -0.25) is 4.79 Å². The van der Waals surface area contributed by atoms with Crippen molar-refractivity contribution >= 4 is 5.91 Å². The first-order valence-electron chi connectivity index (χ1n) is 5.49. The standard InChI is InChI=1S/C12H22NO/c1-10-5-7-13(8-6-10)11(14)9-12(2,3)4/h10H,1,5-9H2,2-4H3. The van der Waals surface area contributed by atoms with Gasteiger partial charge in [0.2, 0.25) is 5.91 Å². The van der Waals surface area contributed by atoms with Crippen LogP contribution in [0.15, 0.2) is 0 Å². The van der Waals surface area contributed by atoms with Crippen molar-refractivity contribution in [3.63, 3.8) is 0 Å². The number of amides is 1. The van der Waals surface area contributed by atoms with Crippen molar-refractivity contribution in [2.24, 2.45) is 11.3 Å². The molecule has 0 aromatic carbocycles. The Bertz CT molecular complexity index is 197. The highest BCUT2D eigenvalue weighted by atomic mass is 16.2. The van der Waals surface area contributed by atoms with Crippen LogP contribution in [0.25, 0.3) is 0 Å². The molecule has 1 aliphatic heterocycles. The highest BCUT2D eigenvalue weighted by molar-refractivity contribution is 5.76. The Balaban J connectivity index is 2.38. The maximum absolute atomic E-state index is 11.8. The zero-order chi connectivity index (χ0) is 10.8. The minimum absolute atomic E-state index is 0.110. The number of rotatable bonds is 1. The van der Waals surface area contributed by atoms with Gasteiger partial charge in [0.15, 0.2) is 0 Å². The van der Waals surface area contributed by atoms with E-state index in [1.54, 1.807) is 0 Å². The van der Waals surface area contributed by atoms with E-state index in [1.807, 2.05) is 4.90 Å². The third kappa shape index (κ3) is 3.69. The van der Waals surface area contributed by atoms with E-state index in [1.165, 1.54) is 0 Å². The molecule has 0 spiro atoms. The first-order valence-corrected chi connectivity index (χ1v) is 5.49. The molecule has 2 heteroatoms. The number of hydrogen-bond acceptors (Lipinski definition) is 1. The molecule has 0 aliphatic carbocycles. The van der Waals surface area contributed by atoms with Crippen molar-refractivity contribution in [2.45, 2.75) is 40.0 Å². The molecule has 0 saturated carbocycles. The lowest BCUT2D eigenvalue weighted by Gasteiger charge is -2.32. The Morgan fingerprint density at radius 1 is 1.36 bits per heavy atom. The fraction of sp³-hybridized carbons (Fsp3) is 0.833. The van der Waals surface area contributed by atoms with Crippen LogP contribution in [0.5, 0.6) is 0 Å². The second-order valence-corrected chi connectivity index (χ2v) is 5.56. The molecule has 1 fully saturated rings. The monoisotopic (exact) mass is 196 g/mol. The van der Waals surface area contributed by atoms with Crippen LogP contribution in [0.2, 0.25) is 0 Å². The number of carbonyl (C=O) groups is 1. The molecule has 0 atom stereocenters. The van der Waals surface area contributed by atoms with Crippen molar-refractivity contribution in [3.05, 3.63) is 6.92 Å². The summed E-state index contributed by atoms with van der Waals surface area (Å²) in [5.41, 5.74) is 0.110. The first kappa shape index (κ1) is 11.5. The van der Waals surface area contributed by atoms with Crippen LogP contribution in [0.1, 0.15) is 40.0 Å². The summed E-state index contributed by atoms with van der Waals surface area (Å²) in [6.45, 7) is 12.2. The van der Waals surface area contributed by atoms with E-state index in [0.29, 0.717) is 18.2 Å². The van der Waals surface area contributed by atoms with Crippen LogP contribution in [-0.4, -0.2) is 23.9 Å². The van der Waals surface area contributed by atoms with E-state index >= 15 is 0 Å². The van der Waals surface area contributed by atoms with Crippen LogP contribution in [-0.2, 0) is 4.79 Å². The van der Waals surface area contributed by atoms with Gasteiger partial charge in [-0.25, -0.2) is 0 Å². The van der Waals surface area contributed by atoms with Gasteiger partial charge in [-0.05, 0) is 24.2 Å². The summed E-state index contributed by atoms with van der Waals surface area (Å²) < 4.78 is 0. The van der Waals surface area contributed by atoms with Crippen LogP contribution in [0, 0.1) is 18.3 Å². The molecule has 0 bridgehead atoms. The number of likely N-dealkylation sites (tertiary alicyclic amines) is 1. The topological polar surface area (TPSA) is 20.3 Å². The fourth-order valence-electron chi connectivity index (χ4n) is 1.75. The molecule has 0 N–H and O–H groups in total. The second kappa shape index (κ2) is 4.33. The molecular weight excluding hydrogens is 174 g/mol. The summed E-state index contributed by atoms with van der Waals surface area (Å²) in [6, 6.07) is 0. The molecule has 0 unspecified atom stereocenters. The van der Waals surface area contributed by atoms with Crippen LogP contribution >= 0.6 is 0 Å². The molecule has 1 heterocycles. The van der Waals surface area contributed by atoms with E-state index in [4.69, 9.17) is 0 Å². The van der Waals surface area contributed by atoms with Gasteiger partial charge in [-0.1, -0.05) is 27.7 Å². The van der Waals surface area contributed by atoms with Crippen LogP contribution in [0.3, 0.4) is 0 Å². The Morgan fingerprint density at radius 2 is 1.86 bits per heavy atom. The highest BCUT2D eigenvalue weighted by Gasteiger charge is 2.24. The summed E-state index contributed by atoms with van der Waals surface area (Å²) in [7, 11) is 0. The lowest BCUT2D eigenvalue weighted by atomic mass is 9.90. The molecular formula is C12H22NO. The summed E-state index contributed by atoms with van der Waals surface area (Å²) in [5, 5.41) is 0. The highest BCUT2D eigenvalue weighted by Crippen LogP contribution is 2.22. The van der Waals surface area contributed by atoms with E-state index in [-0.39, 0.29) is 5.41 Å². The summed E-state index contributed by atoms with van der Waals surface area (Å²) >= 11 is 0. The first-order chi connectivity index (χ1) is 6.38. The van der Waals surface area contributed by atoms with E-state index in [0.717, 1.165) is 25.9 Å². The average Bonchev–Trinajstić information content (AvgIpc) is 2.02. The number of nitrogens with zero attached hydrogens (tertiary/aromatic N) is 1. The van der Waals surface area contributed by atoms with Gasteiger partial charge in [0, 0.05) is 19.5 Å². The van der Waals surface area contributed by atoms with E-state index < -0.39 is 0 Å². The lowest BCUT2D eigenvalue weighted by molar-refractivity contribution is -0.134. The Hall–Kier alpha value is -0.530. The Labute approximate surface area is 87.7 Å². The van der Waals surface area contributed by atoms with Gasteiger partial charge < -0.3 is 4.90 Å². The minimum atomic E-state index is 0.110. The maximum Gasteiger partial charge on any atom is 0.223 e. The Kier molecular flexibility index (Phi) is 3.57. The summed E-state index contributed by atoms with van der Waals surface area (Å²) in [5.74, 6) is 0.859. The normalized spacial score (nSPS) is 19.9. The van der Waals surface area contributed by atoms with Crippen molar-refractivity contribution in [1.29, 1.82) is 0 Å². The number of hydrogen-bond donors (Lipinski definition) is 0. The summed E-state index contributed by atoms with van der Waals surface area (Å²) in [6.07, 6.45) is 2.79. The Morgan fingerprint density at radius 3 is 2.29 bits per heavy atom. The summed E-state index contributed by atoms with van der Waals surface area (Å²) in [4.78, 5) is 13.8. The molecule has 1 saturated heterocycles. The zero-order valence-corrected chi connectivity index (χ0v) is 9.68. The van der Waals surface area contributed by atoms with Crippen molar-refractivity contribution in [1.82, 2.24) is 4.90 Å².